The first-order valence-corrected chi connectivity index (χ1v) is 15.7. The van der Waals surface area contributed by atoms with Gasteiger partial charge in [-0.3, -0.25) is 4.79 Å². The number of hydrogen-bond donors (Lipinski definition) is 2. The number of aromatic amines is 1. The van der Waals surface area contributed by atoms with Crippen LogP contribution in [0.4, 0.5) is 14.9 Å². The van der Waals surface area contributed by atoms with Crippen LogP contribution in [0, 0.1) is 5.82 Å². The molecular formula is C38H39FN4O4. The summed E-state index contributed by atoms with van der Waals surface area (Å²) < 4.78 is 25.6. The number of H-pyrrole nitrogens is 1. The Morgan fingerprint density at radius 1 is 0.851 bits per heavy atom. The number of anilines is 1. The minimum atomic E-state index is -0.695. The third kappa shape index (κ3) is 7.25. The van der Waals surface area contributed by atoms with Crippen molar-refractivity contribution in [3.63, 3.8) is 0 Å². The van der Waals surface area contributed by atoms with Crippen molar-refractivity contribution in [2.24, 2.45) is 0 Å². The van der Waals surface area contributed by atoms with Gasteiger partial charge in [0.05, 0.1) is 13.2 Å². The van der Waals surface area contributed by atoms with Crippen LogP contribution in [0.2, 0.25) is 0 Å². The monoisotopic (exact) mass is 634 g/mol. The molecule has 0 saturated carbocycles. The number of halogens is 1. The SMILES string of the molecule is COc1ccc(F)cc1[C@@H](NC(=O)c1cccc(-c2ccc(N3CCN(C(=O)OC(C)(C)C)CC3)cc2)c1)c1cc2ccccc2[nH]1. The van der Waals surface area contributed by atoms with E-state index in [0.29, 0.717) is 48.7 Å². The summed E-state index contributed by atoms with van der Waals surface area (Å²) in [6.07, 6.45) is -0.279. The zero-order valence-electron chi connectivity index (χ0n) is 27.0. The average Bonchev–Trinajstić information content (AvgIpc) is 3.51. The third-order valence-corrected chi connectivity index (χ3v) is 8.26. The summed E-state index contributed by atoms with van der Waals surface area (Å²) in [4.78, 5) is 33.6. The third-order valence-electron chi connectivity index (χ3n) is 8.26. The first-order valence-electron chi connectivity index (χ1n) is 15.7. The molecule has 5 aromatic rings. The molecule has 1 atom stereocenters. The van der Waals surface area contributed by atoms with Gasteiger partial charge in [0.15, 0.2) is 0 Å². The molecule has 0 aliphatic carbocycles. The van der Waals surface area contributed by atoms with Gasteiger partial charge >= 0.3 is 6.09 Å². The summed E-state index contributed by atoms with van der Waals surface area (Å²) in [5.74, 6) is -0.261. The molecule has 8 nitrogen and oxygen atoms in total. The van der Waals surface area contributed by atoms with Gasteiger partial charge in [-0.2, -0.15) is 0 Å². The minimum absolute atomic E-state index is 0.279. The number of ether oxygens (including phenoxy) is 2. The Morgan fingerprint density at radius 3 is 2.30 bits per heavy atom. The predicted octanol–water partition coefficient (Wildman–Crippen LogP) is 7.56. The van der Waals surface area contributed by atoms with Gasteiger partial charge in [-0.1, -0.05) is 42.5 Å². The van der Waals surface area contributed by atoms with E-state index in [0.717, 1.165) is 27.7 Å². The fourth-order valence-electron chi connectivity index (χ4n) is 5.90. The number of piperazine rings is 1. The van der Waals surface area contributed by atoms with Crippen LogP contribution in [0.25, 0.3) is 22.0 Å². The summed E-state index contributed by atoms with van der Waals surface area (Å²) in [6, 6.07) is 29.0. The zero-order valence-corrected chi connectivity index (χ0v) is 27.0. The van der Waals surface area contributed by atoms with E-state index < -0.39 is 17.5 Å². The fraction of sp³-hybridized carbons (Fsp3) is 0.263. The second-order valence-corrected chi connectivity index (χ2v) is 12.7. The van der Waals surface area contributed by atoms with Crippen LogP contribution in [-0.2, 0) is 4.74 Å². The molecule has 2 heterocycles. The van der Waals surface area contributed by atoms with E-state index in [1.54, 1.807) is 17.0 Å². The lowest BCUT2D eigenvalue weighted by Crippen LogP contribution is -2.50. The molecular weight excluding hydrogens is 595 g/mol. The quantitative estimate of drug-likeness (QED) is 0.193. The maximum Gasteiger partial charge on any atom is 0.410 e. The zero-order chi connectivity index (χ0) is 33.1. The summed E-state index contributed by atoms with van der Waals surface area (Å²) in [6.45, 7) is 8.22. The molecule has 1 aliphatic rings. The van der Waals surface area contributed by atoms with E-state index in [9.17, 15) is 14.0 Å². The Bertz CT molecular complexity index is 1860. The topological polar surface area (TPSA) is 86.9 Å². The van der Waals surface area contributed by atoms with E-state index in [-0.39, 0.29) is 12.0 Å². The second kappa shape index (κ2) is 13.2. The molecule has 47 heavy (non-hydrogen) atoms. The molecule has 6 rings (SSSR count). The maximum atomic E-state index is 14.5. The molecule has 1 aliphatic heterocycles. The average molecular weight is 635 g/mol. The van der Waals surface area contributed by atoms with Gasteiger partial charge < -0.3 is 29.6 Å². The molecule has 1 fully saturated rings. The van der Waals surface area contributed by atoms with Crippen molar-refractivity contribution in [3.8, 4) is 16.9 Å². The molecule has 1 saturated heterocycles. The Hall–Kier alpha value is -5.31. The van der Waals surface area contributed by atoms with Crippen LogP contribution in [0.5, 0.6) is 5.75 Å². The number of fused-ring (bicyclic) bond motifs is 1. The van der Waals surface area contributed by atoms with Gasteiger partial charge in [-0.25, -0.2) is 9.18 Å². The Labute approximate surface area is 274 Å². The Kier molecular flexibility index (Phi) is 8.89. The number of rotatable bonds is 7. The number of nitrogens with one attached hydrogen (secondary N) is 2. The number of hydrogen-bond acceptors (Lipinski definition) is 5. The molecule has 2 amide bonds. The molecule has 1 aromatic heterocycles. The minimum Gasteiger partial charge on any atom is -0.496 e. The maximum absolute atomic E-state index is 14.5. The lowest BCUT2D eigenvalue weighted by atomic mass is 10.00. The molecule has 9 heteroatoms. The van der Waals surface area contributed by atoms with Crippen molar-refractivity contribution in [1.29, 1.82) is 0 Å². The van der Waals surface area contributed by atoms with Gasteiger partial charge in [0.2, 0.25) is 0 Å². The van der Waals surface area contributed by atoms with Gasteiger partial charge in [-0.05, 0) is 91.9 Å². The van der Waals surface area contributed by atoms with Crippen LogP contribution >= 0.6 is 0 Å². The van der Waals surface area contributed by atoms with Gasteiger partial charge in [0.25, 0.3) is 5.91 Å². The van der Waals surface area contributed by atoms with Crippen LogP contribution < -0.4 is 15.0 Å². The van der Waals surface area contributed by atoms with Crippen LogP contribution in [0.15, 0.2) is 97.1 Å². The van der Waals surface area contributed by atoms with E-state index in [4.69, 9.17) is 9.47 Å². The highest BCUT2D eigenvalue weighted by atomic mass is 19.1. The van der Waals surface area contributed by atoms with Gasteiger partial charge in [0.1, 0.15) is 17.2 Å². The summed E-state index contributed by atoms with van der Waals surface area (Å²) in [7, 11) is 1.53. The van der Waals surface area contributed by atoms with E-state index in [1.807, 2.05) is 81.4 Å². The predicted molar refractivity (Wildman–Crippen MR) is 182 cm³/mol. The van der Waals surface area contributed by atoms with Crippen molar-refractivity contribution in [3.05, 3.63) is 120 Å². The normalized spacial score (nSPS) is 14.1. The molecule has 2 N–H and O–H groups in total. The Morgan fingerprint density at radius 2 is 1.60 bits per heavy atom. The van der Waals surface area contributed by atoms with Crippen molar-refractivity contribution in [2.45, 2.75) is 32.4 Å². The summed E-state index contributed by atoms with van der Waals surface area (Å²) >= 11 is 0. The number of methoxy groups -OCH3 is 1. The second-order valence-electron chi connectivity index (χ2n) is 12.7. The highest BCUT2D eigenvalue weighted by molar-refractivity contribution is 5.96. The van der Waals surface area contributed by atoms with Crippen molar-refractivity contribution < 1.29 is 23.5 Å². The van der Waals surface area contributed by atoms with Crippen LogP contribution in [-0.4, -0.2) is 60.8 Å². The van der Waals surface area contributed by atoms with Crippen molar-refractivity contribution in [2.75, 3.05) is 38.2 Å². The fourth-order valence-corrected chi connectivity index (χ4v) is 5.90. The first-order chi connectivity index (χ1) is 22.6. The highest BCUT2D eigenvalue weighted by Crippen LogP contribution is 2.33. The van der Waals surface area contributed by atoms with Crippen LogP contribution in [0.1, 0.15) is 48.4 Å². The summed E-state index contributed by atoms with van der Waals surface area (Å²) in [5, 5.41) is 4.10. The van der Waals surface area contributed by atoms with Crippen LogP contribution in [0.3, 0.4) is 0 Å². The number of carbonyl (C=O) groups excluding carboxylic acids is 2. The standard InChI is InChI=1S/C38H39FN4O4/c1-38(2,3)47-37(45)43-20-18-42(19-21-43)30-15-12-25(13-16-30)26-9-7-10-28(22-26)36(44)41-35(31-24-29(39)14-17-34(31)46-4)33-23-27-8-5-6-11-32(27)40-33/h5-17,22-24,35,40H,18-21H2,1-4H3,(H,41,44)/t35-/m1/s1. The number of carbonyl (C=O) groups is 2. The highest BCUT2D eigenvalue weighted by Gasteiger charge is 2.27. The number of para-hydroxylation sites is 1. The number of amides is 2. The van der Waals surface area contributed by atoms with Gasteiger partial charge in [0, 0.05) is 54.2 Å². The number of aromatic nitrogens is 1. The largest absolute Gasteiger partial charge is 0.496 e. The first kappa shape index (κ1) is 31.7. The van der Waals surface area contributed by atoms with Crippen molar-refractivity contribution >= 4 is 28.6 Å². The number of benzene rings is 4. The van der Waals surface area contributed by atoms with E-state index in [2.05, 4.69) is 27.3 Å². The Balaban J connectivity index is 1.19. The van der Waals surface area contributed by atoms with E-state index >= 15 is 0 Å². The molecule has 0 bridgehead atoms. The number of nitrogens with zero attached hydrogens (tertiary/aromatic N) is 2. The smallest absolute Gasteiger partial charge is 0.410 e. The molecule has 0 spiro atoms. The molecule has 0 unspecified atom stereocenters. The van der Waals surface area contributed by atoms with Gasteiger partial charge in [-0.15, -0.1) is 0 Å². The van der Waals surface area contributed by atoms with E-state index in [1.165, 1.54) is 19.2 Å². The molecule has 242 valence electrons. The van der Waals surface area contributed by atoms with Crippen molar-refractivity contribution in [1.82, 2.24) is 15.2 Å². The lowest BCUT2D eigenvalue weighted by molar-refractivity contribution is 0.0240. The molecule has 0 radical (unpaired) electrons. The lowest BCUT2D eigenvalue weighted by Gasteiger charge is -2.36. The molecule has 4 aromatic carbocycles. The summed E-state index contributed by atoms with van der Waals surface area (Å²) in [5.41, 5.74) is 5.01.